The van der Waals surface area contributed by atoms with Crippen LogP contribution in [0.15, 0.2) is 24.3 Å². The minimum atomic E-state index is -0.209. The minimum absolute atomic E-state index is 0.209. The molecule has 2 heteroatoms. The van der Waals surface area contributed by atoms with Crippen LogP contribution in [0.4, 0.5) is 0 Å². The lowest BCUT2D eigenvalue weighted by atomic mass is 9.44. The molecule has 0 saturated heterocycles. The van der Waals surface area contributed by atoms with E-state index in [2.05, 4.69) is 12.1 Å². The van der Waals surface area contributed by atoms with Crippen LogP contribution in [0.3, 0.4) is 0 Å². The Labute approximate surface area is 120 Å². The molecule has 5 rings (SSSR count). The summed E-state index contributed by atoms with van der Waals surface area (Å²) in [6.07, 6.45) is 7.76. The van der Waals surface area contributed by atoms with Crippen LogP contribution in [0, 0.1) is 23.7 Å². The number of rotatable bonds is 3. The molecule has 0 radical (unpaired) electrons. The SMILES string of the molecule is COc1ccc(C2(C=O)C3CC4CC(C3)CC2C4)cc1. The molecule has 4 saturated carbocycles. The molecule has 4 aliphatic rings. The maximum atomic E-state index is 12.1. The van der Waals surface area contributed by atoms with Gasteiger partial charge in [-0.25, -0.2) is 0 Å². The van der Waals surface area contributed by atoms with E-state index in [9.17, 15) is 4.79 Å². The molecule has 0 aliphatic heterocycles. The third-order valence-corrected chi connectivity index (χ3v) is 6.27. The number of carbonyl (C=O) groups excluding carboxylic acids is 1. The third kappa shape index (κ3) is 1.54. The second kappa shape index (κ2) is 4.34. The van der Waals surface area contributed by atoms with Crippen molar-refractivity contribution in [1.29, 1.82) is 0 Å². The van der Waals surface area contributed by atoms with Crippen LogP contribution in [-0.4, -0.2) is 13.4 Å². The summed E-state index contributed by atoms with van der Waals surface area (Å²) in [5, 5.41) is 0. The van der Waals surface area contributed by atoms with Crippen LogP contribution in [0.5, 0.6) is 5.75 Å². The van der Waals surface area contributed by atoms with Crippen molar-refractivity contribution in [2.75, 3.05) is 7.11 Å². The fourth-order valence-electron chi connectivity index (χ4n) is 5.58. The molecule has 0 amide bonds. The first-order valence-corrected chi connectivity index (χ1v) is 7.87. The molecule has 0 spiro atoms. The Balaban J connectivity index is 1.77. The highest BCUT2D eigenvalue weighted by atomic mass is 16.5. The van der Waals surface area contributed by atoms with Crippen molar-refractivity contribution in [2.45, 2.75) is 37.5 Å². The molecule has 1 aromatic carbocycles. The lowest BCUT2D eigenvalue weighted by molar-refractivity contribution is -0.129. The molecule has 0 unspecified atom stereocenters. The van der Waals surface area contributed by atoms with E-state index in [4.69, 9.17) is 4.74 Å². The van der Waals surface area contributed by atoms with Crippen LogP contribution in [-0.2, 0) is 10.2 Å². The lowest BCUT2D eigenvalue weighted by Crippen LogP contribution is -2.56. The maximum Gasteiger partial charge on any atom is 0.131 e. The fraction of sp³-hybridized carbons (Fsp3) is 0.611. The van der Waals surface area contributed by atoms with Crippen LogP contribution in [0.2, 0.25) is 0 Å². The van der Waals surface area contributed by atoms with Gasteiger partial charge in [0.05, 0.1) is 12.5 Å². The van der Waals surface area contributed by atoms with Gasteiger partial charge in [0.2, 0.25) is 0 Å². The van der Waals surface area contributed by atoms with Crippen LogP contribution >= 0.6 is 0 Å². The molecule has 0 aromatic heterocycles. The van der Waals surface area contributed by atoms with Gasteiger partial charge in [-0.2, -0.15) is 0 Å². The zero-order valence-corrected chi connectivity index (χ0v) is 12.0. The largest absolute Gasteiger partial charge is 0.497 e. The van der Waals surface area contributed by atoms with E-state index in [1.165, 1.54) is 44.0 Å². The summed E-state index contributed by atoms with van der Waals surface area (Å²) in [7, 11) is 1.69. The molecule has 0 atom stereocenters. The number of hydrogen-bond acceptors (Lipinski definition) is 2. The van der Waals surface area contributed by atoms with Crippen molar-refractivity contribution < 1.29 is 9.53 Å². The molecule has 0 N–H and O–H groups in total. The topological polar surface area (TPSA) is 26.3 Å². The zero-order chi connectivity index (χ0) is 13.7. The fourth-order valence-corrected chi connectivity index (χ4v) is 5.58. The average Bonchev–Trinajstić information content (AvgIpc) is 2.48. The molecule has 106 valence electrons. The van der Waals surface area contributed by atoms with E-state index in [0.717, 1.165) is 17.6 Å². The molecular weight excluding hydrogens is 248 g/mol. The number of benzene rings is 1. The van der Waals surface area contributed by atoms with E-state index in [1.54, 1.807) is 7.11 Å². The Bertz CT molecular complexity index is 489. The van der Waals surface area contributed by atoms with Crippen molar-refractivity contribution in [3.8, 4) is 5.75 Å². The molecule has 1 aromatic rings. The molecule has 4 bridgehead atoms. The molecule has 2 nitrogen and oxygen atoms in total. The highest BCUT2D eigenvalue weighted by Crippen LogP contribution is 2.62. The van der Waals surface area contributed by atoms with Gasteiger partial charge < -0.3 is 9.53 Å². The number of ether oxygens (including phenoxy) is 1. The normalized spacial score (nSPS) is 41.6. The minimum Gasteiger partial charge on any atom is -0.497 e. The van der Waals surface area contributed by atoms with Crippen molar-refractivity contribution >= 4 is 6.29 Å². The zero-order valence-electron chi connectivity index (χ0n) is 12.0. The van der Waals surface area contributed by atoms with E-state index in [1.807, 2.05) is 12.1 Å². The summed E-state index contributed by atoms with van der Waals surface area (Å²) in [5.74, 6) is 3.81. The summed E-state index contributed by atoms with van der Waals surface area (Å²) < 4.78 is 5.25. The molecule has 4 fully saturated rings. The van der Waals surface area contributed by atoms with Gasteiger partial charge in [-0.3, -0.25) is 0 Å². The highest BCUT2D eigenvalue weighted by Gasteiger charge is 2.57. The van der Waals surface area contributed by atoms with Gasteiger partial charge >= 0.3 is 0 Å². The van der Waals surface area contributed by atoms with Gasteiger partial charge in [0.25, 0.3) is 0 Å². The summed E-state index contributed by atoms with van der Waals surface area (Å²) >= 11 is 0. The number of aldehydes is 1. The Kier molecular flexibility index (Phi) is 2.70. The quantitative estimate of drug-likeness (QED) is 0.785. The Morgan fingerprint density at radius 2 is 1.55 bits per heavy atom. The smallest absolute Gasteiger partial charge is 0.131 e. The molecular formula is C18H22O2. The molecule has 4 aliphatic carbocycles. The van der Waals surface area contributed by atoms with Crippen molar-refractivity contribution in [3.63, 3.8) is 0 Å². The second-order valence-electron chi connectivity index (χ2n) is 7.08. The van der Waals surface area contributed by atoms with Gasteiger partial charge in [-0.15, -0.1) is 0 Å². The monoisotopic (exact) mass is 270 g/mol. The molecule has 20 heavy (non-hydrogen) atoms. The number of carbonyl (C=O) groups is 1. The Morgan fingerprint density at radius 3 is 2.00 bits per heavy atom. The summed E-state index contributed by atoms with van der Waals surface area (Å²) in [6, 6.07) is 8.25. The second-order valence-corrected chi connectivity index (χ2v) is 7.08. The lowest BCUT2D eigenvalue weighted by Gasteiger charge is -2.59. The van der Waals surface area contributed by atoms with Gasteiger partial charge in [-0.05, 0) is 73.5 Å². The first-order valence-electron chi connectivity index (χ1n) is 7.87. The van der Waals surface area contributed by atoms with E-state index in [-0.39, 0.29) is 5.41 Å². The first-order chi connectivity index (χ1) is 9.76. The van der Waals surface area contributed by atoms with Crippen molar-refractivity contribution in [1.82, 2.24) is 0 Å². The predicted molar refractivity (Wildman–Crippen MR) is 77.8 cm³/mol. The Hall–Kier alpha value is -1.31. The highest BCUT2D eigenvalue weighted by molar-refractivity contribution is 5.71. The van der Waals surface area contributed by atoms with E-state index >= 15 is 0 Å². The van der Waals surface area contributed by atoms with Gasteiger partial charge in [0, 0.05) is 0 Å². The van der Waals surface area contributed by atoms with Crippen LogP contribution < -0.4 is 4.74 Å². The molecule has 0 heterocycles. The standard InChI is InChI=1S/C18H22O2/c1-20-17-4-2-14(3-5-17)18(11-19)15-7-12-6-13(9-15)10-16(18)8-12/h2-5,11-13,15-16H,6-10H2,1H3. The van der Waals surface area contributed by atoms with Gasteiger partial charge in [-0.1, -0.05) is 12.1 Å². The summed E-state index contributed by atoms with van der Waals surface area (Å²) in [4.78, 5) is 12.1. The summed E-state index contributed by atoms with van der Waals surface area (Å²) in [6.45, 7) is 0. The van der Waals surface area contributed by atoms with E-state index < -0.39 is 0 Å². The van der Waals surface area contributed by atoms with E-state index in [0.29, 0.717) is 11.8 Å². The average molecular weight is 270 g/mol. The first kappa shape index (κ1) is 12.4. The number of hydrogen-bond donors (Lipinski definition) is 0. The maximum absolute atomic E-state index is 12.1. The van der Waals surface area contributed by atoms with Gasteiger partial charge in [0.1, 0.15) is 12.0 Å². The van der Waals surface area contributed by atoms with Crippen LogP contribution in [0.25, 0.3) is 0 Å². The van der Waals surface area contributed by atoms with Crippen molar-refractivity contribution in [3.05, 3.63) is 29.8 Å². The van der Waals surface area contributed by atoms with Crippen molar-refractivity contribution in [2.24, 2.45) is 23.7 Å². The van der Waals surface area contributed by atoms with Crippen LogP contribution in [0.1, 0.15) is 37.7 Å². The Morgan fingerprint density at radius 1 is 1.00 bits per heavy atom. The third-order valence-electron chi connectivity index (χ3n) is 6.27. The predicted octanol–water partition coefficient (Wildman–Crippen LogP) is 3.59. The van der Waals surface area contributed by atoms with Gasteiger partial charge in [0.15, 0.2) is 0 Å². The number of methoxy groups -OCH3 is 1. The summed E-state index contributed by atoms with van der Waals surface area (Å²) in [5.41, 5.74) is 1.02.